The number of benzene rings is 1. The molecular weight excluding hydrogens is 375 g/mol. The molecule has 1 unspecified atom stereocenters. The van der Waals surface area contributed by atoms with Gasteiger partial charge in [-0.15, -0.1) is 24.8 Å². The Labute approximate surface area is 168 Å². The minimum Gasteiger partial charge on any atom is -0.351 e. The van der Waals surface area contributed by atoms with Gasteiger partial charge in [0, 0.05) is 45.2 Å². The summed E-state index contributed by atoms with van der Waals surface area (Å²) in [5.74, 6) is 0.191. The highest BCUT2D eigenvalue weighted by atomic mass is 35.5. The van der Waals surface area contributed by atoms with E-state index in [0.29, 0.717) is 32.6 Å². The molecule has 1 saturated heterocycles. The molecule has 2 amide bonds. The molecule has 26 heavy (non-hydrogen) atoms. The van der Waals surface area contributed by atoms with Crippen molar-refractivity contribution in [2.75, 3.05) is 32.7 Å². The third kappa shape index (κ3) is 8.85. The minimum absolute atomic E-state index is 0. The Kier molecular flexibility index (Phi) is 12.3. The van der Waals surface area contributed by atoms with E-state index in [1.807, 2.05) is 42.2 Å². The summed E-state index contributed by atoms with van der Waals surface area (Å²) in [6.45, 7) is 5.70. The molecule has 0 aromatic heterocycles. The molecule has 8 heteroatoms. The van der Waals surface area contributed by atoms with Crippen LogP contribution in [0, 0.1) is 0 Å². The van der Waals surface area contributed by atoms with Crippen LogP contribution in [0.5, 0.6) is 0 Å². The fourth-order valence-corrected chi connectivity index (χ4v) is 2.72. The van der Waals surface area contributed by atoms with Crippen LogP contribution in [0.25, 0.3) is 0 Å². The number of nitrogens with two attached hydrogens (primary N) is 1. The number of amides is 2. The van der Waals surface area contributed by atoms with E-state index in [9.17, 15) is 9.59 Å². The first-order valence-corrected chi connectivity index (χ1v) is 8.61. The van der Waals surface area contributed by atoms with Crippen LogP contribution in [0.1, 0.15) is 25.3 Å². The highest BCUT2D eigenvalue weighted by Gasteiger charge is 2.22. The number of halogens is 2. The Morgan fingerprint density at radius 2 is 1.73 bits per heavy atom. The molecule has 0 bridgehead atoms. The van der Waals surface area contributed by atoms with Gasteiger partial charge >= 0.3 is 0 Å². The summed E-state index contributed by atoms with van der Waals surface area (Å²) in [7, 11) is 0. The van der Waals surface area contributed by atoms with E-state index in [2.05, 4.69) is 10.2 Å². The summed E-state index contributed by atoms with van der Waals surface area (Å²) in [5, 5.41) is 2.94. The van der Waals surface area contributed by atoms with Gasteiger partial charge in [0.15, 0.2) is 0 Å². The van der Waals surface area contributed by atoms with Gasteiger partial charge in [0.2, 0.25) is 11.8 Å². The molecule has 148 valence electrons. The number of hydrogen-bond donors (Lipinski definition) is 2. The lowest BCUT2D eigenvalue weighted by Gasteiger charge is -2.34. The Morgan fingerprint density at radius 1 is 1.12 bits per heavy atom. The number of hydrogen-bond acceptors (Lipinski definition) is 4. The van der Waals surface area contributed by atoms with Gasteiger partial charge in [-0.2, -0.15) is 0 Å². The first kappa shape index (κ1) is 24.7. The highest BCUT2D eigenvalue weighted by molar-refractivity contribution is 5.85. The number of nitrogens with one attached hydrogen (secondary N) is 1. The normalized spacial score (nSPS) is 15.4. The van der Waals surface area contributed by atoms with E-state index in [1.165, 1.54) is 0 Å². The summed E-state index contributed by atoms with van der Waals surface area (Å²) in [5.41, 5.74) is 6.79. The smallest absolute Gasteiger partial charge is 0.234 e. The van der Waals surface area contributed by atoms with E-state index >= 15 is 0 Å². The second kappa shape index (κ2) is 12.9. The molecule has 1 atom stereocenters. The first-order chi connectivity index (χ1) is 11.5. The monoisotopic (exact) mass is 404 g/mol. The minimum atomic E-state index is 0. The van der Waals surface area contributed by atoms with Crippen molar-refractivity contribution >= 4 is 36.6 Å². The average molecular weight is 405 g/mol. The van der Waals surface area contributed by atoms with E-state index in [4.69, 9.17) is 5.73 Å². The van der Waals surface area contributed by atoms with Crippen LogP contribution in [-0.4, -0.2) is 60.4 Å². The van der Waals surface area contributed by atoms with Crippen molar-refractivity contribution in [2.45, 2.75) is 32.4 Å². The van der Waals surface area contributed by atoms with E-state index in [0.717, 1.165) is 25.1 Å². The largest absolute Gasteiger partial charge is 0.351 e. The maximum atomic E-state index is 12.1. The lowest BCUT2D eigenvalue weighted by molar-refractivity contribution is -0.133. The van der Waals surface area contributed by atoms with E-state index < -0.39 is 0 Å². The zero-order valence-corrected chi connectivity index (χ0v) is 16.9. The Hall–Kier alpha value is -1.34. The maximum absolute atomic E-state index is 12.1. The molecule has 1 aromatic carbocycles. The molecule has 6 nitrogen and oxygen atoms in total. The van der Waals surface area contributed by atoms with Crippen molar-refractivity contribution in [1.82, 2.24) is 15.1 Å². The van der Waals surface area contributed by atoms with Gasteiger partial charge < -0.3 is 16.0 Å². The second-order valence-electron chi connectivity index (χ2n) is 6.44. The summed E-state index contributed by atoms with van der Waals surface area (Å²) >= 11 is 0. The molecule has 1 aliphatic heterocycles. The van der Waals surface area contributed by atoms with Crippen molar-refractivity contribution in [1.29, 1.82) is 0 Å². The lowest BCUT2D eigenvalue weighted by atomic mass is 10.1. The predicted molar refractivity (Wildman–Crippen MR) is 109 cm³/mol. The summed E-state index contributed by atoms with van der Waals surface area (Å²) in [6.07, 6.45) is 1.23. The summed E-state index contributed by atoms with van der Waals surface area (Å²) in [6, 6.07) is 9.93. The standard InChI is InChI=1S/C18H28N4O2.2ClH/c1-15(19)7-8-18(24)22-11-9-21(10-12-22)14-17(23)20-13-16-5-3-2-4-6-16;;/h2-6,15H,7-14,19H2,1H3,(H,20,23);2*1H. The van der Waals surface area contributed by atoms with Crippen molar-refractivity contribution in [3.05, 3.63) is 35.9 Å². The van der Waals surface area contributed by atoms with E-state index in [1.54, 1.807) is 0 Å². The molecule has 3 N–H and O–H groups in total. The van der Waals surface area contributed by atoms with Crippen LogP contribution in [0.15, 0.2) is 30.3 Å². The number of piperazine rings is 1. The van der Waals surface area contributed by atoms with E-state index in [-0.39, 0.29) is 42.7 Å². The fraction of sp³-hybridized carbons (Fsp3) is 0.556. The van der Waals surface area contributed by atoms with Crippen LogP contribution in [0.4, 0.5) is 0 Å². The van der Waals surface area contributed by atoms with Crippen LogP contribution >= 0.6 is 24.8 Å². The Bertz CT molecular complexity index is 535. The fourth-order valence-electron chi connectivity index (χ4n) is 2.72. The maximum Gasteiger partial charge on any atom is 0.234 e. The van der Waals surface area contributed by atoms with Crippen LogP contribution < -0.4 is 11.1 Å². The lowest BCUT2D eigenvalue weighted by Crippen LogP contribution is -2.51. The molecule has 1 aliphatic rings. The predicted octanol–water partition coefficient (Wildman–Crippen LogP) is 1.42. The second-order valence-corrected chi connectivity index (χ2v) is 6.44. The number of nitrogens with zero attached hydrogens (tertiary/aromatic N) is 2. The van der Waals surface area contributed by atoms with Crippen LogP contribution in [-0.2, 0) is 16.1 Å². The topological polar surface area (TPSA) is 78.7 Å². The van der Waals surface area contributed by atoms with Crippen molar-refractivity contribution < 1.29 is 9.59 Å². The molecule has 0 spiro atoms. The molecule has 0 saturated carbocycles. The molecular formula is C18H30Cl2N4O2. The quantitative estimate of drug-likeness (QED) is 0.719. The Morgan fingerprint density at radius 3 is 2.31 bits per heavy atom. The van der Waals surface area contributed by atoms with Crippen molar-refractivity contribution in [3.63, 3.8) is 0 Å². The molecule has 0 radical (unpaired) electrons. The van der Waals surface area contributed by atoms with Gasteiger partial charge in [0.25, 0.3) is 0 Å². The molecule has 1 aromatic rings. The Balaban J connectivity index is 0.00000312. The third-order valence-electron chi connectivity index (χ3n) is 4.24. The number of carbonyl (C=O) groups excluding carboxylic acids is 2. The van der Waals surface area contributed by atoms with Crippen molar-refractivity contribution in [3.8, 4) is 0 Å². The highest BCUT2D eigenvalue weighted by Crippen LogP contribution is 2.06. The summed E-state index contributed by atoms with van der Waals surface area (Å²) in [4.78, 5) is 28.1. The molecule has 2 rings (SSSR count). The van der Waals surface area contributed by atoms with Gasteiger partial charge in [-0.25, -0.2) is 0 Å². The molecule has 1 fully saturated rings. The molecule has 1 heterocycles. The van der Waals surface area contributed by atoms with Crippen LogP contribution in [0.3, 0.4) is 0 Å². The van der Waals surface area contributed by atoms with Gasteiger partial charge in [-0.1, -0.05) is 30.3 Å². The van der Waals surface area contributed by atoms with Gasteiger partial charge in [0.05, 0.1) is 6.54 Å². The summed E-state index contributed by atoms with van der Waals surface area (Å²) < 4.78 is 0. The zero-order chi connectivity index (χ0) is 17.4. The SMILES string of the molecule is CC(N)CCC(=O)N1CCN(CC(=O)NCc2ccccc2)CC1.Cl.Cl. The van der Waals surface area contributed by atoms with Gasteiger partial charge in [-0.3, -0.25) is 14.5 Å². The number of carbonyl (C=O) groups is 2. The van der Waals surface area contributed by atoms with Crippen LogP contribution in [0.2, 0.25) is 0 Å². The number of rotatable bonds is 7. The third-order valence-corrected chi connectivity index (χ3v) is 4.24. The van der Waals surface area contributed by atoms with Gasteiger partial charge in [-0.05, 0) is 18.9 Å². The van der Waals surface area contributed by atoms with Gasteiger partial charge in [0.1, 0.15) is 0 Å². The van der Waals surface area contributed by atoms with Crippen molar-refractivity contribution in [2.24, 2.45) is 5.73 Å². The zero-order valence-electron chi connectivity index (χ0n) is 15.2. The average Bonchev–Trinajstić information content (AvgIpc) is 2.59. The molecule has 0 aliphatic carbocycles. The first-order valence-electron chi connectivity index (χ1n) is 8.61.